The van der Waals surface area contributed by atoms with Crippen molar-refractivity contribution in [3.8, 4) is 0 Å². The highest BCUT2D eigenvalue weighted by atomic mass is 15.1. The van der Waals surface area contributed by atoms with Gasteiger partial charge in [0.1, 0.15) is 0 Å². The van der Waals surface area contributed by atoms with E-state index in [9.17, 15) is 0 Å². The van der Waals surface area contributed by atoms with Crippen LogP contribution in [0.2, 0.25) is 0 Å². The second kappa shape index (κ2) is 5.31. The van der Waals surface area contributed by atoms with Crippen LogP contribution in [0.4, 0.5) is 5.69 Å². The van der Waals surface area contributed by atoms with Gasteiger partial charge >= 0.3 is 0 Å². The summed E-state index contributed by atoms with van der Waals surface area (Å²) < 4.78 is 0. The van der Waals surface area contributed by atoms with Gasteiger partial charge in [0.15, 0.2) is 0 Å². The molecular weight excluding hydrogens is 220 g/mol. The Labute approximate surface area is 111 Å². The van der Waals surface area contributed by atoms with Gasteiger partial charge < -0.3 is 10.2 Å². The molecule has 1 saturated heterocycles. The van der Waals surface area contributed by atoms with Crippen molar-refractivity contribution in [1.29, 1.82) is 0 Å². The lowest BCUT2D eigenvalue weighted by Gasteiger charge is -2.37. The normalized spacial score (nSPS) is 20.3. The Kier molecular flexibility index (Phi) is 3.96. The summed E-state index contributed by atoms with van der Waals surface area (Å²) in [5, 5.41) is 3.55. The molecule has 0 aliphatic carbocycles. The minimum Gasteiger partial charge on any atom is -0.371 e. The van der Waals surface area contributed by atoms with Gasteiger partial charge in [-0.25, -0.2) is 0 Å². The Morgan fingerprint density at radius 2 is 2.00 bits per heavy atom. The molecule has 1 aromatic rings. The third kappa shape index (κ3) is 3.26. The quantitative estimate of drug-likeness (QED) is 0.819. The average molecular weight is 246 g/mol. The van der Waals surface area contributed by atoms with E-state index < -0.39 is 0 Å². The summed E-state index contributed by atoms with van der Waals surface area (Å²) in [4.78, 5) is 2.57. The molecule has 0 radical (unpaired) electrons. The van der Waals surface area contributed by atoms with E-state index in [-0.39, 0.29) is 0 Å². The van der Waals surface area contributed by atoms with Crippen molar-refractivity contribution in [2.75, 3.05) is 31.1 Å². The largest absolute Gasteiger partial charge is 0.371 e. The molecule has 0 spiro atoms. The van der Waals surface area contributed by atoms with Gasteiger partial charge in [-0.1, -0.05) is 26.0 Å². The number of hydrogen-bond donors (Lipinski definition) is 1. The molecule has 1 aliphatic heterocycles. The Bertz CT molecular complexity index is 410. The maximum atomic E-state index is 3.55. The first-order valence-electron chi connectivity index (χ1n) is 7.01. The summed E-state index contributed by atoms with van der Waals surface area (Å²) in [6.45, 7) is 13.6. The fraction of sp³-hybridized carbons (Fsp3) is 0.625. The summed E-state index contributed by atoms with van der Waals surface area (Å²) in [6, 6.07) is 6.78. The van der Waals surface area contributed by atoms with Crippen LogP contribution in [0, 0.1) is 19.3 Å². The molecule has 2 nitrogen and oxygen atoms in total. The third-order valence-corrected chi connectivity index (χ3v) is 3.71. The number of anilines is 1. The topological polar surface area (TPSA) is 15.3 Å². The molecular formula is C16H26N2. The molecule has 0 bridgehead atoms. The van der Waals surface area contributed by atoms with Crippen molar-refractivity contribution >= 4 is 5.69 Å². The number of hydrogen-bond acceptors (Lipinski definition) is 2. The van der Waals surface area contributed by atoms with E-state index in [0.29, 0.717) is 5.41 Å². The lowest BCUT2D eigenvalue weighted by molar-refractivity contribution is 0.325. The highest BCUT2D eigenvalue weighted by Gasteiger charge is 2.24. The minimum atomic E-state index is 0.330. The van der Waals surface area contributed by atoms with Crippen LogP contribution in [0.3, 0.4) is 0 Å². The molecule has 1 N–H and O–H groups in total. The second-order valence-electron chi connectivity index (χ2n) is 6.41. The van der Waals surface area contributed by atoms with Gasteiger partial charge in [0.05, 0.1) is 0 Å². The first-order chi connectivity index (χ1) is 8.48. The Morgan fingerprint density at radius 3 is 2.78 bits per heavy atom. The van der Waals surface area contributed by atoms with Crippen molar-refractivity contribution in [3.05, 3.63) is 29.3 Å². The molecule has 2 rings (SSSR count). The van der Waals surface area contributed by atoms with Crippen molar-refractivity contribution in [1.82, 2.24) is 5.32 Å². The van der Waals surface area contributed by atoms with Crippen molar-refractivity contribution in [3.63, 3.8) is 0 Å². The molecule has 18 heavy (non-hydrogen) atoms. The van der Waals surface area contributed by atoms with Crippen LogP contribution in [0.15, 0.2) is 18.2 Å². The van der Waals surface area contributed by atoms with Gasteiger partial charge in [-0.05, 0) is 49.4 Å². The maximum Gasteiger partial charge on any atom is 0.0398 e. The fourth-order valence-electron chi connectivity index (χ4n) is 2.74. The molecule has 1 heterocycles. The average Bonchev–Trinajstić information content (AvgIpc) is 2.27. The molecule has 0 atom stereocenters. The van der Waals surface area contributed by atoms with Crippen LogP contribution in [0.1, 0.15) is 31.4 Å². The molecule has 1 fully saturated rings. The molecule has 2 heteroatoms. The van der Waals surface area contributed by atoms with E-state index in [2.05, 4.69) is 56.1 Å². The second-order valence-corrected chi connectivity index (χ2v) is 6.41. The highest BCUT2D eigenvalue weighted by molar-refractivity contribution is 5.55. The molecule has 100 valence electrons. The Balaban J connectivity index is 2.25. The smallest absolute Gasteiger partial charge is 0.0398 e. The van der Waals surface area contributed by atoms with Crippen molar-refractivity contribution < 1.29 is 0 Å². The van der Waals surface area contributed by atoms with Crippen LogP contribution >= 0.6 is 0 Å². The lowest BCUT2D eigenvalue weighted by Crippen LogP contribution is -2.44. The summed E-state index contributed by atoms with van der Waals surface area (Å²) >= 11 is 0. The third-order valence-electron chi connectivity index (χ3n) is 3.71. The molecule has 1 aromatic carbocycles. The van der Waals surface area contributed by atoms with Gasteiger partial charge in [-0.2, -0.15) is 0 Å². The van der Waals surface area contributed by atoms with Crippen LogP contribution in [-0.4, -0.2) is 26.2 Å². The van der Waals surface area contributed by atoms with Gasteiger partial charge in [-0.3, -0.25) is 0 Å². The molecule has 0 aromatic heterocycles. The predicted molar refractivity (Wildman–Crippen MR) is 79.4 cm³/mol. The van der Waals surface area contributed by atoms with Crippen LogP contribution in [-0.2, 0) is 0 Å². The minimum absolute atomic E-state index is 0.330. The lowest BCUT2D eigenvalue weighted by atomic mass is 9.91. The Morgan fingerprint density at radius 1 is 1.22 bits per heavy atom. The zero-order valence-electron chi connectivity index (χ0n) is 12.2. The number of benzene rings is 1. The van der Waals surface area contributed by atoms with Crippen LogP contribution < -0.4 is 10.2 Å². The zero-order valence-corrected chi connectivity index (χ0v) is 12.2. The monoisotopic (exact) mass is 246 g/mol. The summed E-state index contributed by atoms with van der Waals surface area (Å²) in [6.07, 6.45) is 1.23. The van der Waals surface area contributed by atoms with Gasteiger partial charge in [-0.15, -0.1) is 0 Å². The number of nitrogens with one attached hydrogen (secondary N) is 1. The van der Waals surface area contributed by atoms with Crippen LogP contribution in [0.5, 0.6) is 0 Å². The first-order valence-corrected chi connectivity index (χ1v) is 7.01. The number of nitrogens with zero attached hydrogens (tertiary/aromatic N) is 1. The van der Waals surface area contributed by atoms with Crippen LogP contribution in [0.25, 0.3) is 0 Å². The zero-order chi connectivity index (χ0) is 13.2. The summed E-state index contributed by atoms with van der Waals surface area (Å²) in [5.41, 5.74) is 4.50. The van der Waals surface area contributed by atoms with Gasteiger partial charge in [0, 0.05) is 25.3 Å². The van der Waals surface area contributed by atoms with E-state index in [0.717, 1.165) is 26.2 Å². The van der Waals surface area contributed by atoms with E-state index in [1.807, 2.05) is 0 Å². The number of aryl methyl sites for hydroxylation is 2. The highest BCUT2D eigenvalue weighted by Crippen LogP contribution is 2.26. The maximum absolute atomic E-state index is 3.55. The van der Waals surface area contributed by atoms with Gasteiger partial charge in [0.25, 0.3) is 0 Å². The predicted octanol–water partition coefficient (Wildman–Crippen LogP) is 3.13. The van der Waals surface area contributed by atoms with Gasteiger partial charge in [0.2, 0.25) is 0 Å². The van der Waals surface area contributed by atoms with Crippen molar-refractivity contribution in [2.45, 2.75) is 34.1 Å². The molecule has 0 amide bonds. The van der Waals surface area contributed by atoms with Crippen molar-refractivity contribution in [2.24, 2.45) is 5.41 Å². The molecule has 0 saturated carbocycles. The van der Waals surface area contributed by atoms with E-state index in [1.54, 1.807) is 0 Å². The standard InChI is InChI=1S/C16H26N2/c1-13-6-7-14(2)15(10-13)18-9-5-8-17-11-16(3,4)12-18/h6-7,10,17H,5,8-9,11-12H2,1-4H3. The van der Waals surface area contributed by atoms with E-state index >= 15 is 0 Å². The van der Waals surface area contributed by atoms with E-state index in [1.165, 1.54) is 23.2 Å². The Hall–Kier alpha value is -1.02. The number of rotatable bonds is 1. The van der Waals surface area contributed by atoms with E-state index in [4.69, 9.17) is 0 Å². The molecule has 0 unspecified atom stereocenters. The first kappa shape index (κ1) is 13.4. The SMILES string of the molecule is Cc1ccc(C)c(N2CCCNCC(C)(C)C2)c1. The summed E-state index contributed by atoms with van der Waals surface area (Å²) in [7, 11) is 0. The fourth-order valence-corrected chi connectivity index (χ4v) is 2.74. The summed E-state index contributed by atoms with van der Waals surface area (Å²) in [5.74, 6) is 0. The molecule has 1 aliphatic rings.